The van der Waals surface area contributed by atoms with Gasteiger partial charge < -0.3 is 28.7 Å². The first-order valence-corrected chi connectivity index (χ1v) is 15.5. The molecule has 0 N–H and O–H groups in total. The number of nitrogens with zero attached hydrogens (tertiary/aromatic N) is 4. The number of amides is 3. The van der Waals surface area contributed by atoms with E-state index in [2.05, 4.69) is 4.99 Å². The summed E-state index contributed by atoms with van der Waals surface area (Å²) in [5.74, 6) is 1.27. The second kappa shape index (κ2) is 13.7. The molecule has 44 heavy (non-hydrogen) atoms. The zero-order chi connectivity index (χ0) is 31.4. The van der Waals surface area contributed by atoms with Gasteiger partial charge in [-0.2, -0.15) is 4.99 Å². The molecule has 2 fully saturated rings. The Hall–Kier alpha value is -4.01. The Morgan fingerprint density at radius 1 is 0.864 bits per heavy atom. The van der Waals surface area contributed by atoms with Crippen LogP contribution in [-0.2, 0) is 14.4 Å². The third kappa shape index (κ3) is 6.71. The lowest BCUT2D eigenvalue weighted by molar-refractivity contribution is -0.136. The molecular weight excluding hydrogens is 625 g/mol. The van der Waals surface area contributed by atoms with Crippen LogP contribution in [0.25, 0.3) is 12.2 Å². The number of thioether (sulfide) groups is 2. The van der Waals surface area contributed by atoms with Gasteiger partial charge >= 0.3 is 0 Å². The van der Waals surface area contributed by atoms with E-state index >= 15 is 0 Å². The molecule has 0 unspecified atom stereocenters. The first-order valence-electron chi connectivity index (χ1n) is 13.5. The number of ether oxygens (including phenoxy) is 4. The number of carbonyl (C=O) groups is 3. The number of piperazine rings is 1. The highest BCUT2D eigenvalue weighted by Gasteiger charge is 2.36. The van der Waals surface area contributed by atoms with Gasteiger partial charge in [0.1, 0.15) is 16.6 Å². The van der Waals surface area contributed by atoms with Gasteiger partial charge in [-0.1, -0.05) is 36.1 Å². The Morgan fingerprint density at radius 3 is 2.09 bits per heavy atom. The fourth-order valence-corrected chi connectivity index (χ4v) is 6.96. The van der Waals surface area contributed by atoms with E-state index in [0.29, 0.717) is 68.3 Å². The molecule has 0 saturated carbocycles. The molecular formula is C30H30N4O7S3. The highest BCUT2D eigenvalue weighted by Crippen LogP contribution is 2.40. The van der Waals surface area contributed by atoms with Crippen molar-refractivity contribution < 1.29 is 33.3 Å². The Morgan fingerprint density at radius 2 is 1.50 bits per heavy atom. The van der Waals surface area contributed by atoms with E-state index in [1.54, 1.807) is 36.3 Å². The van der Waals surface area contributed by atoms with Gasteiger partial charge in [0.15, 0.2) is 16.7 Å². The van der Waals surface area contributed by atoms with Crippen molar-refractivity contribution in [1.29, 1.82) is 0 Å². The molecule has 3 aliphatic heterocycles. The summed E-state index contributed by atoms with van der Waals surface area (Å²) in [6.45, 7) is 1.74. The van der Waals surface area contributed by atoms with Crippen LogP contribution in [0.4, 0.5) is 0 Å². The van der Waals surface area contributed by atoms with E-state index in [-0.39, 0.29) is 24.3 Å². The second-order valence-corrected chi connectivity index (χ2v) is 12.4. The molecule has 11 nitrogen and oxygen atoms in total. The maximum absolute atomic E-state index is 13.2. The molecule has 5 rings (SSSR count). The maximum Gasteiger partial charge on any atom is 0.286 e. The minimum absolute atomic E-state index is 0.153. The van der Waals surface area contributed by atoms with Crippen molar-refractivity contribution in [3.63, 3.8) is 0 Å². The van der Waals surface area contributed by atoms with Crippen molar-refractivity contribution in [1.82, 2.24) is 14.7 Å². The van der Waals surface area contributed by atoms with E-state index < -0.39 is 0 Å². The Balaban J connectivity index is 1.17. The van der Waals surface area contributed by atoms with Gasteiger partial charge in [-0.3, -0.25) is 19.3 Å². The van der Waals surface area contributed by atoms with E-state index in [4.69, 9.17) is 31.2 Å². The first-order chi connectivity index (χ1) is 21.2. The summed E-state index contributed by atoms with van der Waals surface area (Å²) in [6, 6.07) is 10.9. The fraction of sp³-hybridized carbons (Fsp3) is 0.300. The average molecular weight is 655 g/mol. The molecule has 0 atom stereocenters. The van der Waals surface area contributed by atoms with Crippen LogP contribution in [0, 0.1) is 0 Å². The van der Waals surface area contributed by atoms with Crippen LogP contribution in [0.2, 0.25) is 0 Å². The van der Waals surface area contributed by atoms with Gasteiger partial charge in [0, 0.05) is 26.2 Å². The lowest BCUT2D eigenvalue weighted by atomic mass is 10.1. The van der Waals surface area contributed by atoms with Crippen LogP contribution < -0.4 is 18.9 Å². The molecule has 3 heterocycles. The summed E-state index contributed by atoms with van der Waals surface area (Å²) in [5, 5.41) is 0.621. The van der Waals surface area contributed by atoms with Crippen LogP contribution in [0.1, 0.15) is 11.1 Å². The molecule has 14 heteroatoms. The standard InChI is InChI=1S/C30H30N4O7S3/c1-38-20-7-5-18(6-8-20)15-23-27(36)31-29(43-23)33-11-9-32(10-12-33)25(35)17-34-28(37)24(44-30(34)42)16-19-13-21(39-2)26(41-4)22(14-19)40-3/h5-8,13-16H,9-12,17H2,1-4H3. The normalized spacial score (nSPS) is 18.8. The van der Waals surface area contributed by atoms with Crippen molar-refractivity contribution in [3.05, 3.63) is 57.3 Å². The monoisotopic (exact) mass is 654 g/mol. The largest absolute Gasteiger partial charge is 0.497 e. The highest BCUT2D eigenvalue weighted by molar-refractivity contribution is 8.26. The molecule has 0 aromatic heterocycles. The molecule has 0 aliphatic carbocycles. The molecule has 2 saturated heterocycles. The highest BCUT2D eigenvalue weighted by atomic mass is 32.2. The van der Waals surface area contributed by atoms with Crippen molar-refractivity contribution in [2.24, 2.45) is 4.99 Å². The summed E-state index contributed by atoms with van der Waals surface area (Å²) in [6.07, 6.45) is 3.49. The molecule has 0 bridgehead atoms. The number of aliphatic imine (C=N–C) groups is 1. The number of carbonyl (C=O) groups excluding carboxylic acids is 3. The number of methoxy groups -OCH3 is 4. The van der Waals surface area contributed by atoms with Crippen LogP contribution in [0.15, 0.2) is 51.2 Å². The lowest BCUT2D eigenvalue weighted by Gasteiger charge is -2.35. The molecule has 0 spiro atoms. The number of amidine groups is 1. The molecule has 230 valence electrons. The molecule has 3 amide bonds. The third-order valence-corrected chi connectivity index (χ3v) is 9.50. The predicted molar refractivity (Wildman–Crippen MR) is 175 cm³/mol. The van der Waals surface area contributed by atoms with E-state index in [1.165, 1.54) is 38.0 Å². The lowest BCUT2D eigenvalue weighted by Crippen LogP contribution is -2.52. The fourth-order valence-electron chi connectivity index (χ4n) is 4.74. The smallest absolute Gasteiger partial charge is 0.286 e. The minimum atomic E-state index is -0.341. The van der Waals surface area contributed by atoms with Crippen LogP contribution in [0.5, 0.6) is 23.0 Å². The minimum Gasteiger partial charge on any atom is -0.497 e. The van der Waals surface area contributed by atoms with Crippen LogP contribution >= 0.6 is 35.7 Å². The number of rotatable bonds is 8. The van der Waals surface area contributed by atoms with Crippen molar-refractivity contribution in [3.8, 4) is 23.0 Å². The number of thiocarbonyl (C=S) groups is 1. The first kappa shape index (κ1) is 31.4. The van der Waals surface area contributed by atoms with Gasteiger partial charge in [-0.25, -0.2) is 0 Å². The topological polar surface area (TPSA) is 110 Å². The Bertz CT molecular complexity index is 1560. The van der Waals surface area contributed by atoms with Gasteiger partial charge in [-0.05, 0) is 59.3 Å². The summed E-state index contributed by atoms with van der Waals surface area (Å²) >= 11 is 7.92. The third-order valence-electron chi connectivity index (χ3n) is 7.08. The Labute approximate surface area is 268 Å². The van der Waals surface area contributed by atoms with E-state index in [9.17, 15) is 14.4 Å². The number of hydrogen-bond donors (Lipinski definition) is 0. The molecule has 0 radical (unpaired) electrons. The maximum atomic E-state index is 13.2. The van der Waals surface area contributed by atoms with Crippen molar-refractivity contribution in [2.45, 2.75) is 0 Å². The zero-order valence-electron chi connectivity index (χ0n) is 24.5. The predicted octanol–water partition coefficient (Wildman–Crippen LogP) is 3.74. The summed E-state index contributed by atoms with van der Waals surface area (Å²) in [5.41, 5.74) is 1.54. The van der Waals surface area contributed by atoms with Gasteiger partial charge in [0.2, 0.25) is 11.7 Å². The average Bonchev–Trinajstić information content (AvgIpc) is 3.53. The van der Waals surface area contributed by atoms with Crippen LogP contribution in [0.3, 0.4) is 0 Å². The van der Waals surface area contributed by atoms with Gasteiger partial charge in [0.05, 0.1) is 38.2 Å². The van der Waals surface area contributed by atoms with Gasteiger partial charge in [-0.15, -0.1) is 0 Å². The van der Waals surface area contributed by atoms with E-state index in [1.807, 2.05) is 29.2 Å². The molecule has 3 aliphatic rings. The quantitative estimate of drug-likeness (QED) is 0.307. The Kier molecular flexibility index (Phi) is 9.81. The van der Waals surface area contributed by atoms with Gasteiger partial charge in [0.25, 0.3) is 11.8 Å². The number of hydrogen-bond acceptors (Lipinski definition) is 11. The second-order valence-electron chi connectivity index (χ2n) is 9.68. The summed E-state index contributed by atoms with van der Waals surface area (Å²) in [7, 11) is 6.16. The van der Waals surface area contributed by atoms with Crippen molar-refractivity contribution >= 4 is 75.1 Å². The SMILES string of the molecule is COc1ccc(C=C2SC(N3CCN(C(=O)CN4C(=O)C(=Cc5cc(OC)c(OC)c(OC)c5)SC4=S)CC3)=NC2=O)cc1. The molecule has 2 aromatic carbocycles. The zero-order valence-corrected chi connectivity index (χ0v) is 27.0. The van der Waals surface area contributed by atoms with Crippen molar-refractivity contribution in [2.75, 3.05) is 61.2 Å². The van der Waals surface area contributed by atoms with E-state index in [0.717, 1.165) is 23.1 Å². The molecule has 2 aromatic rings. The summed E-state index contributed by atoms with van der Waals surface area (Å²) in [4.78, 5) is 49.2. The van der Waals surface area contributed by atoms with Crippen LogP contribution in [-0.4, -0.2) is 103 Å². The summed E-state index contributed by atoms with van der Waals surface area (Å²) < 4.78 is 21.7. The number of benzene rings is 2.